The van der Waals surface area contributed by atoms with E-state index in [-0.39, 0.29) is 30.4 Å². The highest BCUT2D eigenvalue weighted by atomic mass is 35.5. The molecule has 3 heteroatoms. The van der Waals surface area contributed by atoms with Gasteiger partial charge in [-0.15, -0.1) is 24.8 Å². The summed E-state index contributed by atoms with van der Waals surface area (Å²) >= 11 is 0. The predicted molar refractivity (Wildman–Crippen MR) is 135 cm³/mol. The zero-order valence-corrected chi connectivity index (χ0v) is 21.4. The Kier molecular flexibility index (Phi) is 30.3. The Labute approximate surface area is 191 Å². The van der Waals surface area contributed by atoms with Crippen LogP contribution in [0.1, 0.15) is 156 Å². The van der Waals surface area contributed by atoms with Crippen LogP contribution in [0.15, 0.2) is 0 Å². The summed E-state index contributed by atoms with van der Waals surface area (Å²) in [5.74, 6) is 0. The standard InChI is InChI=1S/C25H53N.2ClH/c1-4-7-8-9-10-11-12-13-14-15-16-17-18-19-20-21-22-23-24-25(26,5-2)6-3;;/h4-24,26H2,1-3H3;2*1H. The minimum Gasteiger partial charge on any atom is -0.325 e. The fraction of sp³-hybridized carbons (Fsp3) is 1.00. The van der Waals surface area contributed by atoms with Crippen molar-refractivity contribution in [2.75, 3.05) is 0 Å². The van der Waals surface area contributed by atoms with Crippen LogP contribution in [-0.4, -0.2) is 5.54 Å². The van der Waals surface area contributed by atoms with Gasteiger partial charge in [0.2, 0.25) is 0 Å². The van der Waals surface area contributed by atoms with Gasteiger partial charge in [0.1, 0.15) is 0 Å². The van der Waals surface area contributed by atoms with Crippen LogP contribution < -0.4 is 5.73 Å². The molecule has 0 aliphatic rings. The van der Waals surface area contributed by atoms with E-state index in [2.05, 4.69) is 20.8 Å². The van der Waals surface area contributed by atoms with Gasteiger partial charge in [0.25, 0.3) is 0 Å². The zero-order valence-electron chi connectivity index (χ0n) is 19.7. The Hall–Kier alpha value is 0.540. The van der Waals surface area contributed by atoms with E-state index in [1.54, 1.807) is 0 Å². The first-order valence-electron chi connectivity index (χ1n) is 12.5. The monoisotopic (exact) mass is 439 g/mol. The average Bonchev–Trinajstić information content (AvgIpc) is 2.66. The van der Waals surface area contributed by atoms with Crippen LogP contribution in [0.5, 0.6) is 0 Å². The smallest absolute Gasteiger partial charge is 0.0149 e. The molecule has 0 saturated carbocycles. The molecule has 0 aliphatic heterocycles. The molecule has 174 valence electrons. The molecule has 28 heavy (non-hydrogen) atoms. The number of rotatable bonds is 21. The third-order valence-electron chi connectivity index (χ3n) is 6.44. The number of hydrogen-bond donors (Lipinski definition) is 1. The van der Waals surface area contributed by atoms with E-state index < -0.39 is 0 Å². The van der Waals surface area contributed by atoms with E-state index in [0.29, 0.717) is 0 Å². The maximum Gasteiger partial charge on any atom is 0.0149 e. The first-order chi connectivity index (χ1) is 12.7. The molecule has 0 aromatic carbocycles. The zero-order chi connectivity index (χ0) is 19.3. The van der Waals surface area contributed by atoms with Gasteiger partial charge in [-0.25, -0.2) is 0 Å². The van der Waals surface area contributed by atoms with E-state index >= 15 is 0 Å². The molecule has 2 N–H and O–H groups in total. The lowest BCUT2D eigenvalue weighted by molar-refractivity contribution is 0.350. The summed E-state index contributed by atoms with van der Waals surface area (Å²) in [4.78, 5) is 0. The highest BCUT2D eigenvalue weighted by Gasteiger charge is 2.18. The molecule has 0 amide bonds. The molecule has 0 fully saturated rings. The van der Waals surface area contributed by atoms with Gasteiger partial charge in [-0.2, -0.15) is 0 Å². The Balaban J connectivity index is -0.00000312. The van der Waals surface area contributed by atoms with E-state index in [9.17, 15) is 0 Å². The van der Waals surface area contributed by atoms with Gasteiger partial charge in [0.05, 0.1) is 0 Å². The van der Waals surface area contributed by atoms with Crippen molar-refractivity contribution in [2.24, 2.45) is 5.73 Å². The van der Waals surface area contributed by atoms with Crippen LogP contribution in [-0.2, 0) is 0 Å². The van der Waals surface area contributed by atoms with Crippen LogP contribution >= 0.6 is 24.8 Å². The molecule has 0 atom stereocenters. The average molecular weight is 441 g/mol. The molecular weight excluding hydrogens is 385 g/mol. The fourth-order valence-electron chi connectivity index (χ4n) is 3.98. The first kappa shape index (κ1) is 33.2. The Morgan fingerprint density at radius 3 is 0.929 bits per heavy atom. The van der Waals surface area contributed by atoms with E-state index in [4.69, 9.17) is 5.73 Å². The highest BCUT2D eigenvalue weighted by Crippen LogP contribution is 2.20. The molecule has 0 spiro atoms. The van der Waals surface area contributed by atoms with Crippen molar-refractivity contribution in [3.05, 3.63) is 0 Å². The number of nitrogens with two attached hydrogens (primary N) is 1. The van der Waals surface area contributed by atoms with Gasteiger partial charge in [0.15, 0.2) is 0 Å². The maximum absolute atomic E-state index is 6.37. The Morgan fingerprint density at radius 2 is 0.679 bits per heavy atom. The lowest BCUT2D eigenvalue weighted by Gasteiger charge is -2.26. The SMILES string of the molecule is CCCCCCCCCCCCCCCCCCCCC(N)(CC)CC.Cl.Cl. The molecule has 0 bridgehead atoms. The van der Waals surface area contributed by atoms with Crippen molar-refractivity contribution < 1.29 is 0 Å². The second-order valence-electron chi connectivity index (χ2n) is 8.83. The van der Waals surface area contributed by atoms with Crippen molar-refractivity contribution in [3.8, 4) is 0 Å². The summed E-state index contributed by atoms with van der Waals surface area (Å²) in [5, 5.41) is 0. The predicted octanol–water partition coefficient (Wildman–Crippen LogP) is 9.78. The molecule has 0 saturated heterocycles. The molecule has 0 rings (SSSR count). The normalized spacial score (nSPS) is 11.1. The molecule has 1 nitrogen and oxygen atoms in total. The van der Waals surface area contributed by atoms with Gasteiger partial charge >= 0.3 is 0 Å². The minimum absolute atomic E-state index is 0. The second kappa shape index (κ2) is 25.6. The summed E-state index contributed by atoms with van der Waals surface area (Å²) in [7, 11) is 0. The first-order valence-corrected chi connectivity index (χ1v) is 12.5. The van der Waals surface area contributed by atoms with Crippen molar-refractivity contribution in [1.82, 2.24) is 0 Å². The summed E-state index contributed by atoms with van der Waals surface area (Å²) in [5.41, 5.74) is 6.49. The molecule has 0 heterocycles. The van der Waals surface area contributed by atoms with Crippen LogP contribution in [0.3, 0.4) is 0 Å². The summed E-state index contributed by atoms with van der Waals surface area (Å²) in [6.45, 7) is 6.77. The van der Waals surface area contributed by atoms with Crippen molar-refractivity contribution >= 4 is 24.8 Å². The van der Waals surface area contributed by atoms with Crippen LogP contribution in [0, 0.1) is 0 Å². The molecule has 0 aromatic rings. The lowest BCUT2D eigenvalue weighted by Crippen LogP contribution is -2.38. The molecule has 0 unspecified atom stereocenters. The molecule has 0 radical (unpaired) electrons. The van der Waals surface area contributed by atoms with Gasteiger partial charge in [-0.1, -0.05) is 136 Å². The summed E-state index contributed by atoms with van der Waals surface area (Å²) in [6.07, 6.45) is 29.5. The highest BCUT2D eigenvalue weighted by molar-refractivity contribution is 5.85. The molecule has 0 aliphatic carbocycles. The third kappa shape index (κ3) is 22.8. The van der Waals surface area contributed by atoms with E-state index in [1.165, 1.54) is 122 Å². The van der Waals surface area contributed by atoms with Gasteiger partial charge in [-0.05, 0) is 19.3 Å². The topological polar surface area (TPSA) is 26.0 Å². The van der Waals surface area contributed by atoms with Crippen molar-refractivity contribution in [1.29, 1.82) is 0 Å². The van der Waals surface area contributed by atoms with Crippen LogP contribution in [0.25, 0.3) is 0 Å². The van der Waals surface area contributed by atoms with Gasteiger partial charge in [-0.3, -0.25) is 0 Å². The van der Waals surface area contributed by atoms with Crippen LogP contribution in [0.2, 0.25) is 0 Å². The second-order valence-corrected chi connectivity index (χ2v) is 8.83. The number of halogens is 2. The maximum atomic E-state index is 6.37. The lowest BCUT2D eigenvalue weighted by atomic mass is 9.88. The van der Waals surface area contributed by atoms with Gasteiger partial charge < -0.3 is 5.73 Å². The molecular formula is C25H55Cl2N. The van der Waals surface area contributed by atoms with Gasteiger partial charge in [0, 0.05) is 5.54 Å². The Morgan fingerprint density at radius 1 is 0.429 bits per heavy atom. The molecule has 0 aromatic heterocycles. The number of unbranched alkanes of at least 4 members (excludes halogenated alkanes) is 17. The van der Waals surface area contributed by atoms with Crippen LogP contribution in [0.4, 0.5) is 0 Å². The van der Waals surface area contributed by atoms with Crippen molar-refractivity contribution in [2.45, 2.75) is 161 Å². The summed E-state index contributed by atoms with van der Waals surface area (Å²) in [6, 6.07) is 0. The van der Waals surface area contributed by atoms with E-state index in [0.717, 1.165) is 12.8 Å². The summed E-state index contributed by atoms with van der Waals surface area (Å²) < 4.78 is 0. The minimum atomic E-state index is 0. The largest absolute Gasteiger partial charge is 0.325 e. The van der Waals surface area contributed by atoms with Crippen molar-refractivity contribution in [3.63, 3.8) is 0 Å². The fourth-order valence-corrected chi connectivity index (χ4v) is 3.98. The Bertz CT molecular complexity index is 267. The quantitative estimate of drug-likeness (QED) is 0.177. The third-order valence-corrected chi connectivity index (χ3v) is 6.44. The van der Waals surface area contributed by atoms with E-state index in [1.807, 2.05) is 0 Å². The number of hydrogen-bond acceptors (Lipinski definition) is 1.